The molecule has 2 aromatic rings. The maximum Gasteiger partial charge on any atom is 0.325 e. The first kappa shape index (κ1) is 23.8. The summed E-state index contributed by atoms with van der Waals surface area (Å²) in [5, 5.41) is 0. The first-order valence-corrected chi connectivity index (χ1v) is 12.7. The maximum atomic E-state index is 12.2. The zero-order valence-electron chi connectivity index (χ0n) is 19.8. The fourth-order valence-corrected chi connectivity index (χ4v) is 6.62. The van der Waals surface area contributed by atoms with Gasteiger partial charge in [0.2, 0.25) is 0 Å². The predicted octanol–water partition coefficient (Wildman–Crippen LogP) is 4.82. The van der Waals surface area contributed by atoms with Gasteiger partial charge in [-0.3, -0.25) is 9.21 Å². The number of hydrogen-bond acceptors (Lipinski definition) is 5. The second-order valence-corrected chi connectivity index (χ2v) is 10.2. The van der Waals surface area contributed by atoms with Crippen molar-refractivity contribution in [2.75, 3.05) is 26.5 Å². The highest BCUT2D eigenvalue weighted by molar-refractivity contribution is 7.97. The topological polar surface area (TPSA) is 68.0 Å². The number of nitrogens with zero attached hydrogens (tertiary/aromatic N) is 2. The first-order valence-electron chi connectivity index (χ1n) is 11.7. The van der Waals surface area contributed by atoms with Crippen LogP contribution in [0.3, 0.4) is 0 Å². The van der Waals surface area contributed by atoms with Gasteiger partial charge in [-0.25, -0.2) is 4.79 Å². The van der Waals surface area contributed by atoms with Gasteiger partial charge in [-0.15, -0.1) is 0 Å². The number of ether oxygens (including phenoxy) is 2. The highest BCUT2D eigenvalue weighted by atomic mass is 32.2. The van der Waals surface area contributed by atoms with Gasteiger partial charge in [0.1, 0.15) is 0 Å². The molecule has 2 N–H and O–H groups in total. The van der Waals surface area contributed by atoms with Crippen molar-refractivity contribution >= 4 is 18.0 Å². The number of hydrogen-bond donors (Lipinski definition) is 1. The van der Waals surface area contributed by atoms with Crippen LogP contribution in [0.2, 0.25) is 0 Å². The number of rotatable bonds is 8. The van der Waals surface area contributed by atoms with Crippen LogP contribution in [0.25, 0.3) is 0 Å². The lowest BCUT2D eigenvalue weighted by Gasteiger charge is -2.47. The Morgan fingerprint density at radius 3 is 2.58 bits per heavy atom. The molecule has 0 spiro atoms. The number of carbonyl (C=O) groups excluding carboxylic acids is 1. The molecule has 6 nitrogen and oxygen atoms in total. The zero-order valence-corrected chi connectivity index (χ0v) is 20.6. The fraction of sp³-hybridized carbons (Fsp3) is 0.500. The van der Waals surface area contributed by atoms with Gasteiger partial charge in [-0.1, -0.05) is 43.3 Å². The Labute approximate surface area is 201 Å². The van der Waals surface area contributed by atoms with E-state index in [0.717, 1.165) is 56.0 Å². The molecule has 0 bridgehead atoms. The van der Waals surface area contributed by atoms with E-state index < -0.39 is 0 Å². The molecule has 2 amide bonds. The van der Waals surface area contributed by atoms with E-state index in [9.17, 15) is 4.79 Å². The average molecular weight is 470 g/mol. The van der Waals surface area contributed by atoms with Gasteiger partial charge < -0.3 is 15.2 Å². The molecule has 1 heterocycles. The quantitative estimate of drug-likeness (QED) is 0.562. The minimum atomic E-state index is -0.335. The van der Waals surface area contributed by atoms with Crippen LogP contribution >= 0.6 is 11.9 Å². The van der Waals surface area contributed by atoms with E-state index in [0.29, 0.717) is 6.04 Å². The van der Waals surface area contributed by atoms with Crippen LogP contribution in [0, 0.1) is 0 Å². The van der Waals surface area contributed by atoms with E-state index in [1.54, 1.807) is 14.2 Å². The average Bonchev–Trinajstić information content (AvgIpc) is 3.21. The Morgan fingerprint density at radius 2 is 1.91 bits per heavy atom. The van der Waals surface area contributed by atoms with E-state index >= 15 is 0 Å². The van der Waals surface area contributed by atoms with Crippen LogP contribution in [0.5, 0.6) is 11.5 Å². The molecule has 1 aliphatic carbocycles. The Kier molecular flexibility index (Phi) is 7.39. The number of benzene rings is 2. The molecule has 178 valence electrons. The summed E-state index contributed by atoms with van der Waals surface area (Å²) in [5.74, 6) is 2.35. The third-order valence-corrected chi connectivity index (χ3v) is 8.36. The van der Waals surface area contributed by atoms with Crippen molar-refractivity contribution in [3.8, 4) is 11.5 Å². The number of urea groups is 1. The van der Waals surface area contributed by atoms with Crippen LogP contribution in [0.4, 0.5) is 4.79 Å². The minimum Gasteiger partial charge on any atom is -0.493 e. The van der Waals surface area contributed by atoms with E-state index in [1.165, 1.54) is 23.1 Å². The van der Waals surface area contributed by atoms with E-state index in [2.05, 4.69) is 54.3 Å². The number of fused-ring (bicyclic) bond motifs is 1. The van der Waals surface area contributed by atoms with Crippen LogP contribution in [0.1, 0.15) is 43.7 Å². The molecular weight excluding hydrogens is 434 g/mol. The molecule has 2 aliphatic rings. The second-order valence-electron chi connectivity index (χ2n) is 8.96. The Bertz CT molecular complexity index is 957. The first-order chi connectivity index (χ1) is 16.0. The Balaban J connectivity index is 1.69. The van der Waals surface area contributed by atoms with Gasteiger partial charge in [-0.05, 0) is 67.4 Å². The van der Waals surface area contributed by atoms with Crippen molar-refractivity contribution in [2.24, 2.45) is 5.73 Å². The molecular formula is C26H35N3O3S. The summed E-state index contributed by atoms with van der Waals surface area (Å²) in [5.41, 5.74) is 8.42. The van der Waals surface area contributed by atoms with Crippen LogP contribution in [-0.4, -0.2) is 53.8 Å². The van der Waals surface area contributed by atoms with Crippen molar-refractivity contribution in [1.82, 2.24) is 9.21 Å². The number of likely N-dealkylation sites (tertiary alicyclic amines) is 1. The molecule has 2 fully saturated rings. The smallest absolute Gasteiger partial charge is 0.325 e. The molecule has 1 aliphatic heterocycles. The van der Waals surface area contributed by atoms with Crippen molar-refractivity contribution < 1.29 is 14.3 Å². The highest BCUT2D eigenvalue weighted by Gasteiger charge is 2.52. The van der Waals surface area contributed by atoms with Gasteiger partial charge in [0.05, 0.1) is 14.2 Å². The maximum absolute atomic E-state index is 12.2. The van der Waals surface area contributed by atoms with Crippen molar-refractivity contribution in [3.05, 3.63) is 59.7 Å². The zero-order chi connectivity index (χ0) is 23.4. The molecule has 3 unspecified atom stereocenters. The van der Waals surface area contributed by atoms with Gasteiger partial charge in [0, 0.05) is 29.8 Å². The lowest BCUT2D eigenvalue weighted by atomic mass is 9.65. The summed E-state index contributed by atoms with van der Waals surface area (Å²) < 4.78 is 13.0. The summed E-state index contributed by atoms with van der Waals surface area (Å²) in [6.45, 7) is 4.00. The summed E-state index contributed by atoms with van der Waals surface area (Å²) in [4.78, 5) is 14.8. The monoisotopic (exact) mass is 469 g/mol. The third kappa shape index (κ3) is 4.66. The number of amides is 2. The van der Waals surface area contributed by atoms with Crippen molar-refractivity contribution in [1.29, 1.82) is 0 Å². The van der Waals surface area contributed by atoms with E-state index in [-0.39, 0.29) is 17.5 Å². The molecule has 4 rings (SSSR count). The van der Waals surface area contributed by atoms with Gasteiger partial charge in [-0.2, -0.15) is 0 Å². The number of carbonyl (C=O) groups is 1. The summed E-state index contributed by atoms with van der Waals surface area (Å²) in [7, 11) is 3.36. The number of methoxy groups -OCH3 is 2. The van der Waals surface area contributed by atoms with E-state index in [1.807, 2.05) is 10.4 Å². The number of primary amides is 1. The Hall–Kier alpha value is -2.38. The third-order valence-electron chi connectivity index (χ3n) is 7.35. The molecule has 0 aromatic heterocycles. The standard InChI is InChI=1S/C26H35N3O3S/c1-4-33-29(25(27)30)21-12-13-26(20-10-11-22(31-2)23(16-20)32-3)14-15-28(24(26)17-21)18-19-8-6-5-7-9-19/h5-11,16,21,24H,4,12-15,17-18H2,1-3H3,(H2,27,30). The summed E-state index contributed by atoms with van der Waals surface area (Å²) in [6, 6.07) is 17.2. The SMILES string of the molecule is CCSN(C(N)=O)C1CCC2(c3ccc(OC)c(OC)c3)CCN(Cc3ccccc3)C2C1. The van der Waals surface area contributed by atoms with Gasteiger partial charge in [0.25, 0.3) is 0 Å². The molecule has 1 saturated heterocycles. The molecule has 1 saturated carbocycles. The van der Waals surface area contributed by atoms with Gasteiger partial charge in [0.15, 0.2) is 11.5 Å². The highest BCUT2D eigenvalue weighted by Crippen LogP contribution is 2.51. The van der Waals surface area contributed by atoms with Crippen LogP contribution < -0.4 is 15.2 Å². The normalized spacial score (nSPS) is 24.8. The summed E-state index contributed by atoms with van der Waals surface area (Å²) in [6.07, 6.45) is 3.96. The lowest BCUT2D eigenvalue weighted by molar-refractivity contribution is 0.113. The molecule has 33 heavy (non-hydrogen) atoms. The fourth-order valence-electron chi connectivity index (χ4n) is 5.82. The van der Waals surface area contributed by atoms with Crippen LogP contribution in [0.15, 0.2) is 48.5 Å². The van der Waals surface area contributed by atoms with E-state index in [4.69, 9.17) is 15.2 Å². The van der Waals surface area contributed by atoms with Crippen molar-refractivity contribution in [2.45, 2.75) is 56.7 Å². The predicted molar refractivity (Wildman–Crippen MR) is 134 cm³/mol. The van der Waals surface area contributed by atoms with Crippen molar-refractivity contribution in [3.63, 3.8) is 0 Å². The van der Waals surface area contributed by atoms with Crippen LogP contribution in [-0.2, 0) is 12.0 Å². The molecule has 0 radical (unpaired) electrons. The Morgan fingerprint density at radius 1 is 1.15 bits per heavy atom. The molecule has 2 aromatic carbocycles. The summed E-state index contributed by atoms with van der Waals surface area (Å²) >= 11 is 1.54. The molecule has 3 atom stereocenters. The second kappa shape index (κ2) is 10.3. The largest absolute Gasteiger partial charge is 0.493 e. The minimum absolute atomic E-state index is 0.0189. The number of nitrogens with two attached hydrogens (primary N) is 1. The lowest BCUT2D eigenvalue weighted by Crippen LogP contribution is -2.52. The van der Waals surface area contributed by atoms with Gasteiger partial charge >= 0.3 is 6.03 Å². The molecule has 7 heteroatoms.